The van der Waals surface area contributed by atoms with E-state index in [-0.39, 0.29) is 18.1 Å². The van der Waals surface area contributed by atoms with Gasteiger partial charge in [-0.05, 0) is 42.5 Å². The lowest BCUT2D eigenvalue weighted by molar-refractivity contribution is 0.0472. The van der Waals surface area contributed by atoms with E-state index in [1.54, 1.807) is 60.8 Å². The summed E-state index contributed by atoms with van der Waals surface area (Å²) in [5.74, 6) is 0.864. The van der Waals surface area contributed by atoms with E-state index < -0.39 is 12.6 Å². The number of Topliss-reactive ketones (excluding diaryl/α,β-unsaturated/α-hetero) is 1. The molecule has 4 rings (SSSR count). The number of carbonyl (C=O) groups is 2. The van der Waals surface area contributed by atoms with E-state index >= 15 is 0 Å². The Morgan fingerprint density at radius 2 is 1.86 bits per heavy atom. The predicted molar refractivity (Wildman–Crippen MR) is 97.9 cm³/mol. The fourth-order valence-electron chi connectivity index (χ4n) is 2.62. The molecule has 1 aliphatic rings. The highest BCUT2D eigenvalue weighted by atomic mass is 16.7. The lowest BCUT2D eigenvalue weighted by Gasteiger charge is -2.10. The molecule has 2 aromatic carbocycles. The Labute approximate surface area is 160 Å². The molecule has 0 fully saturated rings. The molecule has 0 atom stereocenters. The molecule has 28 heavy (non-hydrogen) atoms. The molecule has 0 N–H and O–H groups in total. The van der Waals surface area contributed by atoms with Gasteiger partial charge in [-0.15, -0.1) is 0 Å². The van der Waals surface area contributed by atoms with Gasteiger partial charge in [-0.25, -0.2) is 4.79 Å². The van der Waals surface area contributed by atoms with Crippen molar-refractivity contribution >= 4 is 11.8 Å². The molecule has 7 nitrogen and oxygen atoms in total. The van der Waals surface area contributed by atoms with Gasteiger partial charge in [-0.3, -0.25) is 9.78 Å². The second kappa shape index (κ2) is 7.79. The molecular formula is C21H15NO6. The van der Waals surface area contributed by atoms with Crippen molar-refractivity contribution in [1.82, 2.24) is 4.98 Å². The Kier molecular flexibility index (Phi) is 4.88. The minimum atomic E-state index is -0.659. The van der Waals surface area contributed by atoms with Crippen LogP contribution in [0.5, 0.6) is 23.0 Å². The minimum absolute atomic E-state index is 0.121. The molecule has 0 saturated carbocycles. The maximum atomic E-state index is 12.5. The highest BCUT2D eigenvalue weighted by Crippen LogP contribution is 2.32. The normalized spacial score (nSPS) is 11.7. The summed E-state index contributed by atoms with van der Waals surface area (Å²) >= 11 is 0. The molecule has 140 valence electrons. The fourth-order valence-corrected chi connectivity index (χ4v) is 2.62. The molecular weight excluding hydrogens is 362 g/mol. The van der Waals surface area contributed by atoms with Crippen LogP contribution in [-0.4, -0.2) is 30.1 Å². The Morgan fingerprint density at radius 1 is 1.00 bits per heavy atom. The van der Waals surface area contributed by atoms with Gasteiger partial charge in [0, 0.05) is 11.8 Å². The van der Waals surface area contributed by atoms with E-state index in [2.05, 4.69) is 4.98 Å². The largest absolute Gasteiger partial charge is 0.455 e. The number of para-hydroxylation sites is 1. The standard InChI is InChI=1S/C21H15NO6/c23-17(14-7-8-19-20(10-14)27-13-26-19)12-25-21(24)16-5-1-2-6-18(16)28-15-4-3-9-22-11-15/h1-11H,12-13H2. The quantitative estimate of drug-likeness (QED) is 0.479. The molecule has 7 heteroatoms. The maximum absolute atomic E-state index is 12.5. The van der Waals surface area contributed by atoms with Gasteiger partial charge >= 0.3 is 5.97 Å². The van der Waals surface area contributed by atoms with Crippen LogP contribution in [0.1, 0.15) is 20.7 Å². The Balaban J connectivity index is 1.43. The maximum Gasteiger partial charge on any atom is 0.342 e. The van der Waals surface area contributed by atoms with Gasteiger partial charge < -0.3 is 18.9 Å². The van der Waals surface area contributed by atoms with Crippen LogP contribution >= 0.6 is 0 Å². The summed E-state index contributed by atoms with van der Waals surface area (Å²) in [5.41, 5.74) is 0.585. The molecule has 0 unspecified atom stereocenters. The minimum Gasteiger partial charge on any atom is -0.455 e. The average molecular weight is 377 g/mol. The first-order chi connectivity index (χ1) is 13.7. The molecule has 0 saturated heterocycles. The summed E-state index contributed by atoms with van der Waals surface area (Å²) in [6, 6.07) is 14.9. The third kappa shape index (κ3) is 3.78. The summed E-state index contributed by atoms with van der Waals surface area (Å²) in [6.45, 7) is -0.282. The van der Waals surface area contributed by atoms with Crippen LogP contribution in [0.2, 0.25) is 0 Å². The van der Waals surface area contributed by atoms with Crippen molar-refractivity contribution in [2.24, 2.45) is 0 Å². The molecule has 0 spiro atoms. The van der Waals surface area contributed by atoms with Gasteiger partial charge in [0.25, 0.3) is 0 Å². The van der Waals surface area contributed by atoms with Gasteiger partial charge in [-0.2, -0.15) is 0 Å². The van der Waals surface area contributed by atoms with E-state index in [1.165, 1.54) is 6.20 Å². The molecule has 0 aliphatic carbocycles. The molecule has 1 aliphatic heterocycles. The van der Waals surface area contributed by atoms with Crippen molar-refractivity contribution in [3.63, 3.8) is 0 Å². The summed E-state index contributed by atoms with van der Waals surface area (Å²) in [6.07, 6.45) is 3.15. The zero-order chi connectivity index (χ0) is 19.3. The van der Waals surface area contributed by atoms with Crippen molar-refractivity contribution in [3.8, 4) is 23.0 Å². The van der Waals surface area contributed by atoms with Crippen LogP contribution in [0.25, 0.3) is 0 Å². The molecule has 3 aromatic rings. The third-order valence-electron chi connectivity index (χ3n) is 4.00. The number of fused-ring (bicyclic) bond motifs is 1. The second-order valence-electron chi connectivity index (χ2n) is 5.85. The lowest BCUT2D eigenvalue weighted by Crippen LogP contribution is -2.14. The average Bonchev–Trinajstić information content (AvgIpc) is 3.21. The highest BCUT2D eigenvalue weighted by molar-refractivity contribution is 6.00. The summed E-state index contributed by atoms with van der Waals surface area (Å²) in [4.78, 5) is 28.8. The van der Waals surface area contributed by atoms with E-state index in [0.29, 0.717) is 28.6 Å². The van der Waals surface area contributed by atoms with Crippen LogP contribution in [0, 0.1) is 0 Å². The van der Waals surface area contributed by atoms with Crippen LogP contribution < -0.4 is 14.2 Å². The van der Waals surface area contributed by atoms with Gasteiger partial charge in [0.15, 0.2) is 23.9 Å². The van der Waals surface area contributed by atoms with Crippen molar-refractivity contribution < 1.29 is 28.5 Å². The van der Waals surface area contributed by atoms with E-state index in [9.17, 15) is 9.59 Å². The van der Waals surface area contributed by atoms with Crippen LogP contribution in [0.15, 0.2) is 67.0 Å². The van der Waals surface area contributed by atoms with Gasteiger partial charge in [0.1, 0.15) is 17.1 Å². The first-order valence-corrected chi connectivity index (χ1v) is 8.47. The van der Waals surface area contributed by atoms with Crippen LogP contribution in [-0.2, 0) is 4.74 Å². The van der Waals surface area contributed by atoms with E-state index in [4.69, 9.17) is 18.9 Å². The number of hydrogen-bond acceptors (Lipinski definition) is 7. The third-order valence-corrected chi connectivity index (χ3v) is 4.00. The first-order valence-electron chi connectivity index (χ1n) is 8.47. The van der Waals surface area contributed by atoms with Gasteiger partial charge in [-0.1, -0.05) is 12.1 Å². The Morgan fingerprint density at radius 3 is 2.71 bits per heavy atom. The fraction of sp³-hybridized carbons (Fsp3) is 0.0952. The number of aromatic nitrogens is 1. The van der Waals surface area contributed by atoms with Crippen molar-refractivity contribution in [2.45, 2.75) is 0 Å². The van der Waals surface area contributed by atoms with Crippen molar-refractivity contribution in [3.05, 3.63) is 78.1 Å². The molecule has 2 heterocycles. The number of ether oxygens (including phenoxy) is 4. The zero-order valence-corrected chi connectivity index (χ0v) is 14.7. The number of pyridine rings is 1. The smallest absolute Gasteiger partial charge is 0.342 e. The number of esters is 1. The monoisotopic (exact) mass is 377 g/mol. The molecule has 1 aromatic heterocycles. The number of benzene rings is 2. The zero-order valence-electron chi connectivity index (χ0n) is 14.7. The Hall–Kier alpha value is -3.87. The Bertz CT molecular complexity index is 1020. The van der Waals surface area contributed by atoms with E-state index in [1.807, 2.05) is 0 Å². The summed E-state index contributed by atoms with van der Waals surface area (Å²) in [7, 11) is 0. The van der Waals surface area contributed by atoms with Crippen molar-refractivity contribution in [1.29, 1.82) is 0 Å². The number of hydrogen-bond donors (Lipinski definition) is 0. The second-order valence-corrected chi connectivity index (χ2v) is 5.85. The van der Waals surface area contributed by atoms with Gasteiger partial charge in [0.2, 0.25) is 6.79 Å². The molecule has 0 radical (unpaired) electrons. The summed E-state index contributed by atoms with van der Waals surface area (Å²) < 4.78 is 21.3. The van der Waals surface area contributed by atoms with Crippen LogP contribution in [0.3, 0.4) is 0 Å². The topological polar surface area (TPSA) is 84.0 Å². The van der Waals surface area contributed by atoms with Gasteiger partial charge in [0.05, 0.1) is 6.20 Å². The number of rotatable bonds is 6. The van der Waals surface area contributed by atoms with E-state index in [0.717, 1.165) is 0 Å². The van der Waals surface area contributed by atoms with Crippen molar-refractivity contribution in [2.75, 3.05) is 13.4 Å². The number of ketones is 1. The number of carbonyl (C=O) groups excluding carboxylic acids is 2. The highest BCUT2D eigenvalue weighted by Gasteiger charge is 2.19. The molecule has 0 bridgehead atoms. The number of nitrogens with zero attached hydrogens (tertiary/aromatic N) is 1. The molecule has 0 amide bonds. The predicted octanol–water partition coefficient (Wildman–Crippen LogP) is 3.64. The first kappa shape index (κ1) is 17.5. The van der Waals surface area contributed by atoms with Crippen LogP contribution in [0.4, 0.5) is 0 Å². The lowest BCUT2D eigenvalue weighted by atomic mass is 10.1. The summed E-state index contributed by atoms with van der Waals surface area (Å²) in [5, 5.41) is 0. The SMILES string of the molecule is O=C(COC(=O)c1ccccc1Oc1cccnc1)c1ccc2c(c1)OCO2.